The molecule has 56 valence electrons. The van der Waals surface area contributed by atoms with Gasteiger partial charge in [-0.25, -0.2) is 0 Å². The summed E-state index contributed by atoms with van der Waals surface area (Å²) in [5, 5.41) is 8.97. The van der Waals surface area contributed by atoms with Gasteiger partial charge in [-0.3, -0.25) is 0 Å². The first kappa shape index (κ1) is 9.17. The van der Waals surface area contributed by atoms with Gasteiger partial charge in [-0.2, -0.15) is 0 Å². The van der Waals surface area contributed by atoms with Crippen molar-refractivity contribution in [2.45, 2.75) is 18.6 Å². The maximum Gasteiger partial charge on any atom is 0.0735 e. The minimum Gasteiger partial charge on any atom is -0.391 e. The van der Waals surface area contributed by atoms with Crippen LogP contribution in [-0.4, -0.2) is 30.5 Å². The highest BCUT2D eigenvalue weighted by Crippen LogP contribution is 2.03. The van der Waals surface area contributed by atoms with Crippen LogP contribution in [0.3, 0.4) is 0 Å². The molecule has 0 aliphatic carbocycles. The number of hydrogen-bond donors (Lipinski definition) is 2. The Bertz CT molecular complexity index is 71.4. The van der Waals surface area contributed by atoms with Gasteiger partial charge in [0.05, 0.1) is 18.8 Å². The van der Waals surface area contributed by atoms with Gasteiger partial charge >= 0.3 is 0 Å². The Morgan fingerprint density at radius 3 is 2.56 bits per heavy atom. The first-order valence-electron chi connectivity index (χ1n) is 2.82. The van der Waals surface area contributed by atoms with Crippen molar-refractivity contribution in [1.29, 1.82) is 0 Å². The zero-order valence-electron chi connectivity index (χ0n) is 5.12. The zero-order chi connectivity index (χ0) is 5.98. The van der Waals surface area contributed by atoms with E-state index in [1.807, 2.05) is 0 Å². The summed E-state index contributed by atoms with van der Waals surface area (Å²) in [7, 11) is 0. The van der Waals surface area contributed by atoms with E-state index in [0.29, 0.717) is 19.6 Å². The maximum absolute atomic E-state index is 8.97. The molecule has 1 aliphatic rings. The number of nitrogens with two attached hydrogens (primary N) is 1. The van der Waals surface area contributed by atoms with Gasteiger partial charge < -0.3 is 15.6 Å². The van der Waals surface area contributed by atoms with Crippen LogP contribution in [0.15, 0.2) is 0 Å². The van der Waals surface area contributed by atoms with Crippen LogP contribution in [-0.2, 0) is 4.74 Å². The zero-order valence-corrected chi connectivity index (χ0v) is 5.93. The molecule has 0 saturated carbocycles. The molecule has 9 heavy (non-hydrogen) atoms. The minimum absolute atomic E-state index is 0. The summed E-state index contributed by atoms with van der Waals surface area (Å²) in [6.07, 6.45) is 0.338. The summed E-state index contributed by atoms with van der Waals surface area (Å²) < 4.78 is 4.97. The molecule has 1 saturated heterocycles. The van der Waals surface area contributed by atoms with Crippen molar-refractivity contribution in [3.63, 3.8) is 0 Å². The number of hydrogen-bond acceptors (Lipinski definition) is 3. The monoisotopic (exact) mass is 153 g/mol. The van der Waals surface area contributed by atoms with Crippen LogP contribution in [0.1, 0.15) is 6.42 Å². The summed E-state index contributed by atoms with van der Waals surface area (Å²) in [5.41, 5.74) is 5.40. The fourth-order valence-corrected chi connectivity index (χ4v) is 0.749. The molecular formula is C5H12ClNO2. The second-order valence-corrected chi connectivity index (χ2v) is 2.09. The highest BCUT2D eigenvalue weighted by molar-refractivity contribution is 5.85. The topological polar surface area (TPSA) is 55.5 Å². The van der Waals surface area contributed by atoms with Crippen molar-refractivity contribution in [1.82, 2.24) is 0 Å². The Labute approximate surface area is 60.6 Å². The third-order valence-electron chi connectivity index (χ3n) is 1.36. The minimum atomic E-state index is -0.344. The molecule has 0 aromatic rings. The van der Waals surface area contributed by atoms with E-state index in [-0.39, 0.29) is 24.6 Å². The molecule has 3 nitrogen and oxygen atoms in total. The Balaban J connectivity index is 0.000000640. The number of ether oxygens (including phenoxy) is 1. The summed E-state index contributed by atoms with van der Waals surface area (Å²) in [5.74, 6) is 0. The van der Waals surface area contributed by atoms with Crippen LogP contribution in [0.2, 0.25) is 0 Å². The average Bonchev–Trinajstić information content (AvgIpc) is 1.77. The third-order valence-corrected chi connectivity index (χ3v) is 1.36. The molecular weight excluding hydrogens is 142 g/mol. The van der Waals surface area contributed by atoms with Crippen molar-refractivity contribution in [2.24, 2.45) is 5.73 Å². The van der Waals surface area contributed by atoms with Crippen molar-refractivity contribution in [3.8, 4) is 0 Å². The van der Waals surface area contributed by atoms with Gasteiger partial charge in [0.15, 0.2) is 0 Å². The Morgan fingerprint density at radius 1 is 1.56 bits per heavy atom. The highest BCUT2D eigenvalue weighted by Gasteiger charge is 2.18. The molecule has 1 aliphatic heterocycles. The van der Waals surface area contributed by atoms with Gasteiger partial charge in [-0.15, -0.1) is 12.4 Å². The molecule has 3 N–H and O–H groups in total. The molecule has 1 rings (SSSR count). The molecule has 0 aromatic heterocycles. The van der Waals surface area contributed by atoms with Crippen LogP contribution in [0, 0.1) is 0 Å². The molecule has 0 spiro atoms. The van der Waals surface area contributed by atoms with Gasteiger partial charge in [0, 0.05) is 6.61 Å². The van der Waals surface area contributed by atoms with E-state index in [9.17, 15) is 0 Å². The lowest BCUT2D eigenvalue weighted by atomic mass is 10.1. The van der Waals surface area contributed by atoms with Crippen molar-refractivity contribution in [3.05, 3.63) is 0 Å². The van der Waals surface area contributed by atoms with E-state index in [4.69, 9.17) is 15.6 Å². The fraction of sp³-hybridized carbons (Fsp3) is 1.00. The van der Waals surface area contributed by atoms with Gasteiger partial charge in [-0.05, 0) is 6.42 Å². The smallest absolute Gasteiger partial charge is 0.0735 e. The van der Waals surface area contributed by atoms with Gasteiger partial charge in [0.25, 0.3) is 0 Å². The molecule has 2 atom stereocenters. The van der Waals surface area contributed by atoms with E-state index in [2.05, 4.69) is 0 Å². The predicted octanol–water partition coefficient (Wildman–Crippen LogP) is -0.483. The van der Waals surface area contributed by atoms with Crippen LogP contribution >= 0.6 is 12.4 Å². The molecule has 0 amide bonds. The van der Waals surface area contributed by atoms with Gasteiger partial charge in [-0.1, -0.05) is 0 Å². The fourth-order valence-electron chi connectivity index (χ4n) is 0.749. The second kappa shape index (κ2) is 4.06. The lowest BCUT2D eigenvalue weighted by molar-refractivity contribution is -0.00319. The molecule has 4 heteroatoms. The summed E-state index contributed by atoms with van der Waals surface area (Å²) >= 11 is 0. The van der Waals surface area contributed by atoms with E-state index in [0.717, 1.165) is 0 Å². The van der Waals surface area contributed by atoms with Crippen LogP contribution in [0.25, 0.3) is 0 Å². The summed E-state index contributed by atoms with van der Waals surface area (Å²) in [4.78, 5) is 0. The summed E-state index contributed by atoms with van der Waals surface area (Å²) in [6, 6.07) is -0.163. The highest BCUT2D eigenvalue weighted by atomic mass is 35.5. The number of halogens is 1. The van der Waals surface area contributed by atoms with E-state index < -0.39 is 0 Å². The summed E-state index contributed by atoms with van der Waals surface area (Å²) in [6.45, 7) is 1.15. The standard InChI is InChI=1S/C5H11NO2.ClH/c6-4-3-8-2-1-5(4)7;/h4-5,7H,1-3,6H2;1H/t4-,5-;/m1./s1. The molecule has 0 unspecified atom stereocenters. The van der Waals surface area contributed by atoms with Gasteiger partial charge in [0.1, 0.15) is 0 Å². The Morgan fingerprint density at radius 2 is 2.22 bits per heavy atom. The average molecular weight is 154 g/mol. The van der Waals surface area contributed by atoms with E-state index in [1.165, 1.54) is 0 Å². The normalized spacial score (nSPS) is 35.3. The SMILES string of the molecule is Cl.N[C@@H]1COCC[C@H]1O. The molecule has 0 bridgehead atoms. The van der Waals surface area contributed by atoms with Crippen molar-refractivity contribution in [2.75, 3.05) is 13.2 Å². The van der Waals surface area contributed by atoms with Crippen LogP contribution < -0.4 is 5.73 Å². The Hall–Kier alpha value is 0.170. The van der Waals surface area contributed by atoms with Gasteiger partial charge in [0.2, 0.25) is 0 Å². The first-order valence-corrected chi connectivity index (χ1v) is 2.82. The number of rotatable bonds is 0. The van der Waals surface area contributed by atoms with Crippen molar-refractivity contribution < 1.29 is 9.84 Å². The molecule has 1 fully saturated rings. The van der Waals surface area contributed by atoms with Crippen molar-refractivity contribution >= 4 is 12.4 Å². The van der Waals surface area contributed by atoms with E-state index in [1.54, 1.807) is 0 Å². The van der Waals surface area contributed by atoms with E-state index >= 15 is 0 Å². The van der Waals surface area contributed by atoms with Crippen LogP contribution in [0.4, 0.5) is 0 Å². The lowest BCUT2D eigenvalue weighted by Crippen LogP contribution is -2.43. The number of aliphatic hydroxyl groups is 1. The second-order valence-electron chi connectivity index (χ2n) is 2.09. The largest absolute Gasteiger partial charge is 0.391 e. The molecule has 0 aromatic carbocycles. The number of aliphatic hydroxyl groups excluding tert-OH is 1. The third kappa shape index (κ3) is 2.49. The Kier molecular flexibility index (Phi) is 4.14. The first-order chi connectivity index (χ1) is 3.80. The quantitative estimate of drug-likeness (QED) is 0.494. The van der Waals surface area contributed by atoms with Crippen LogP contribution in [0.5, 0.6) is 0 Å². The lowest BCUT2D eigenvalue weighted by Gasteiger charge is -2.23. The molecule has 1 heterocycles. The maximum atomic E-state index is 8.97. The molecule has 0 radical (unpaired) electrons. The predicted molar refractivity (Wildman–Crippen MR) is 36.7 cm³/mol.